The molecule has 0 amide bonds. The summed E-state index contributed by atoms with van der Waals surface area (Å²) < 4.78 is 6.21. The summed E-state index contributed by atoms with van der Waals surface area (Å²) in [7, 11) is 0. The zero-order valence-corrected chi connectivity index (χ0v) is 30.0. The highest BCUT2D eigenvalue weighted by Crippen LogP contribution is 2.45. The van der Waals surface area contributed by atoms with Gasteiger partial charge in [-0.2, -0.15) is 0 Å². The molecular formula is C54H34O. The molecule has 0 fully saturated rings. The minimum Gasteiger partial charge on any atom is -0.456 e. The van der Waals surface area contributed by atoms with Gasteiger partial charge in [0.1, 0.15) is 11.2 Å². The molecule has 0 aliphatic heterocycles. The molecule has 0 spiro atoms. The van der Waals surface area contributed by atoms with Gasteiger partial charge in [-0.25, -0.2) is 0 Å². The first-order valence-corrected chi connectivity index (χ1v) is 18.9. The Morgan fingerprint density at radius 3 is 1.36 bits per heavy atom. The molecule has 1 heterocycles. The maximum absolute atomic E-state index is 6.21. The molecule has 11 rings (SSSR count). The van der Waals surface area contributed by atoms with Crippen LogP contribution in [0.4, 0.5) is 0 Å². The number of para-hydroxylation sites is 1. The van der Waals surface area contributed by atoms with Crippen LogP contribution in [0.3, 0.4) is 0 Å². The third kappa shape index (κ3) is 5.24. The minimum absolute atomic E-state index is 0.915. The molecular weight excluding hydrogens is 665 g/mol. The van der Waals surface area contributed by atoms with E-state index in [1.165, 1.54) is 88.0 Å². The van der Waals surface area contributed by atoms with Crippen molar-refractivity contribution in [2.75, 3.05) is 0 Å². The zero-order chi connectivity index (χ0) is 36.3. The molecule has 0 radical (unpaired) electrons. The first-order chi connectivity index (χ1) is 27.3. The molecule has 0 bridgehead atoms. The van der Waals surface area contributed by atoms with Crippen molar-refractivity contribution in [1.82, 2.24) is 0 Å². The van der Waals surface area contributed by atoms with E-state index < -0.39 is 0 Å². The van der Waals surface area contributed by atoms with E-state index in [4.69, 9.17) is 4.42 Å². The average Bonchev–Trinajstić information content (AvgIpc) is 3.65. The predicted molar refractivity (Wildman–Crippen MR) is 233 cm³/mol. The molecule has 55 heavy (non-hydrogen) atoms. The Kier molecular flexibility index (Phi) is 7.25. The van der Waals surface area contributed by atoms with Crippen molar-refractivity contribution in [2.45, 2.75) is 0 Å². The topological polar surface area (TPSA) is 13.1 Å². The Balaban J connectivity index is 0.994. The van der Waals surface area contributed by atoms with Gasteiger partial charge in [-0.05, 0) is 112 Å². The monoisotopic (exact) mass is 698 g/mol. The number of hydrogen-bond acceptors (Lipinski definition) is 1. The van der Waals surface area contributed by atoms with Crippen LogP contribution in [0.25, 0.3) is 110 Å². The molecule has 0 saturated carbocycles. The molecule has 1 aromatic heterocycles. The molecule has 1 heteroatoms. The standard InChI is InChI=1S/C54H34O/c1-2-12-40-34-43(32-25-35(40)11-1)42-14-9-13-41(33-42)36-23-28-38(29-24-36)52-45-15-3-5-17-47(45)53(48-18-6-4-16-46(48)52)39-30-26-37(27-31-39)44-20-10-22-51-54(44)49-19-7-8-21-50(49)55-51/h1-34H. The van der Waals surface area contributed by atoms with E-state index in [0.717, 1.165) is 21.9 Å². The lowest BCUT2D eigenvalue weighted by atomic mass is 9.85. The third-order valence-corrected chi connectivity index (χ3v) is 11.3. The van der Waals surface area contributed by atoms with Crippen LogP contribution in [-0.4, -0.2) is 0 Å². The van der Waals surface area contributed by atoms with Crippen LogP contribution >= 0.6 is 0 Å². The summed E-state index contributed by atoms with van der Waals surface area (Å²) in [5.74, 6) is 0. The fraction of sp³-hybridized carbons (Fsp3) is 0. The van der Waals surface area contributed by atoms with Gasteiger partial charge in [0.2, 0.25) is 0 Å². The van der Waals surface area contributed by atoms with Crippen LogP contribution in [0.1, 0.15) is 0 Å². The molecule has 256 valence electrons. The first kappa shape index (κ1) is 31.3. The van der Waals surface area contributed by atoms with E-state index in [2.05, 4.69) is 194 Å². The van der Waals surface area contributed by atoms with Gasteiger partial charge in [-0.15, -0.1) is 0 Å². The number of benzene rings is 10. The fourth-order valence-electron chi connectivity index (χ4n) is 8.66. The van der Waals surface area contributed by atoms with Gasteiger partial charge in [0.15, 0.2) is 0 Å². The lowest BCUT2D eigenvalue weighted by Crippen LogP contribution is -1.91. The molecule has 0 saturated heterocycles. The van der Waals surface area contributed by atoms with Crippen molar-refractivity contribution in [3.05, 3.63) is 206 Å². The molecule has 0 unspecified atom stereocenters. The van der Waals surface area contributed by atoms with Crippen LogP contribution < -0.4 is 0 Å². The summed E-state index contributed by atoms with van der Waals surface area (Å²) >= 11 is 0. The minimum atomic E-state index is 0.915. The summed E-state index contributed by atoms with van der Waals surface area (Å²) in [6.07, 6.45) is 0. The molecule has 0 aliphatic carbocycles. The van der Waals surface area contributed by atoms with E-state index in [1.54, 1.807) is 0 Å². The van der Waals surface area contributed by atoms with Gasteiger partial charge in [0, 0.05) is 10.8 Å². The quantitative estimate of drug-likeness (QED) is 0.163. The Morgan fingerprint density at radius 2 is 0.709 bits per heavy atom. The number of hydrogen-bond donors (Lipinski definition) is 0. The second-order valence-corrected chi connectivity index (χ2v) is 14.4. The number of rotatable bonds is 5. The predicted octanol–water partition coefficient (Wildman–Crippen LogP) is 15.4. The molecule has 1 nitrogen and oxygen atoms in total. The van der Waals surface area contributed by atoms with E-state index in [9.17, 15) is 0 Å². The van der Waals surface area contributed by atoms with Crippen LogP contribution in [0, 0.1) is 0 Å². The second-order valence-electron chi connectivity index (χ2n) is 14.4. The molecule has 0 aliphatic rings. The van der Waals surface area contributed by atoms with E-state index in [-0.39, 0.29) is 0 Å². The maximum Gasteiger partial charge on any atom is 0.136 e. The van der Waals surface area contributed by atoms with Crippen LogP contribution in [0.2, 0.25) is 0 Å². The van der Waals surface area contributed by atoms with E-state index in [1.807, 2.05) is 12.1 Å². The smallest absolute Gasteiger partial charge is 0.136 e. The summed E-state index contributed by atoms with van der Waals surface area (Å²) in [5, 5.41) is 9.83. The highest BCUT2D eigenvalue weighted by atomic mass is 16.3. The van der Waals surface area contributed by atoms with Gasteiger partial charge >= 0.3 is 0 Å². The highest BCUT2D eigenvalue weighted by molar-refractivity contribution is 6.21. The molecule has 0 N–H and O–H groups in total. The van der Waals surface area contributed by atoms with Crippen molar-refractivity contribution >= 4 is 54.3 Å². The second kappa shape index (κ2) is 12.7. The summed E-state index contributed by atoms with van der Waals surface area (Å²) in [4.78, 5) is 0. The third-order valence-electron chi connectivity index (χ3n) is 11.3. The zero-order valence-electron chi connectivity index (χ0n) is 30.0. The van der Waals surface area contributed by atoms with Gasteiger partial charge in [0.25, 0.3) is 0 Å². The summed E-state index contributed by atoms with van der Waals surface area (Å²) in [6.45, 7) is 0. The van der Waals surface area contributed by atoms with E-state index >= 15 is 0 Å². The lowest BCUT2D eigenvalue weighted by Gasteiger charge is -2.18. The van der Waals surface area contributed by atoms with Crippen molar-refractivity contribution in [3.63, 3.8) is 0 Å². The SMILES string of the molecule is c1cc(-c2ccc(-c3c4ccccc4c(-c4ccc(-c5cccc6oc7ccccc7c56)cc4)c4ccccc34)cc2)cc(-c2ccc3ccccc3c2)c1. The highest BCUT2D eigenvalue weighted by Gasteiger charge is 2.18. The fourth-order valence-corrected chi connectivity index (χ4v) is 8.66. The number of fused-ring (bicyclic) bond motifs is 6. The largest absolute Gasteiger partial charge is 0.456 e. The average molecular weight is 699 g/mol. The first-order valence-electron chi connectivity index (χ1n) is 18.9. The van der Waals surface area contributed by atoms with Crippen LogP contribution in [-0.2, 0) is 0 Å². The van der Waals surface area contributed by atoms with Gasteiger partial charge in [0.05, 0.1) is 0 Å². The van der Waals surface area contributed by atoms with Crippen molar-refractivity contribution in [1.29, 1.82) is 0 Å². The Bertz CT molecular complexity index is 3180. The van der Waals surface area contributed by atoms with Crippen molar-refractivity contribution < 1.29 is 4.42 Å². The van der Waals surface area contributed by atoms with Gasteiger partial charge < -0.3 is 4.42 Å². The Hall–Kier alpha value is -7.22. The summed E-state index contributed by atoms with van der Waals surface area (Å²) in [5.41, 5.74) is 14.0. The van der Waals surface area contributed by atoms with E-state index in [0.29, 0.717) is 0 Å². The Labute approximate surface area is 319 Å². The summed E-state index contributed by atoms with van der Waals surface area (Å²) in [6, 6.07) is 74.8. The van der Waals surface area contributed by atoms with Crippen LogP contribution in [0.15, 0.2) is 211 Å². The lowest BCUT2D eigenvalue weighted by molar-refractivity contribution is 0.669. The maximum atomic E-state index is 6.21. The van der Waals surface area contributed by atoms with Crippen molar-refractivity contribution in [3.8, 4) is 55.6 Å². The normalized spacial score (nSPS) is 11.6. The van der Waals surface area contributed by atoms with Crippen molar-refractivity contribution in [2.24, 2.45) is 0 Å². The van der Waals surface area contributed by atoms with Gasteiger partial charge in [-0.1, -0.05) is 182 Å². The number of furan rings is 1. The van der Waals surface area contributed by atoms with Crippen LogP contribution in [0.5, 0.6) is 0 Å². The molecule has 11 aromatic rings. The molecule has 0 atom stereocenters. The Morgan fingerprint density at radius 1 is 0.255 bits per heavy atom. The van der Waals surface area contributed by atoms with Gasteiger partial charge in [-0.3, -0.25) is 0 Å². The molecule has 10 aromatic carbocycles.